The number of likely N-dealkylation sites (tertiary alicyclic amines) is 1. The van der Waals surface area contributed by atoms with Crippen LogP contribution in [0.5, 0.6) is 0 Å². The van der Waals surface area contributed by atoms with Crippen LogP contribution in [0.3, 0.4) is 0 Å². The molecule has 0 spiro atoms. The molecule has 1 fully saturated rings. The molecule has 8 heteroatoms. The van der Waals surface area contributed by atoms with Crippen molar-refractivity contribution in [3.05, 3.63) is 52.8 Å². The Bertz CT molecular complexity index is 1070. The second-order valence-electron chi connectivity index (χ2n) is 8.97. The van der Waals surface area contributed by atoms with E-state index in [1.807, 2.05) is 30.0 Å². The third kappa shape index (κ3) is 4.38. The Labute approximate surface area is 186 Å². The first-order chi connectivity index (χ1) is 14.8. The van der Waals surface area contributed by atoms with Gasteiger partial charge in [0.05, 0.1) is 17.8 Å². The zero-order valence-corrected chi connectivity index (χ0v) is 18.8. The summed E-state index contributed by atoms with van der Waals surface area (Å²) in [6.45, 7) is 7.39. The van der Waals surface area contributed by atoms with Crippen LogP contribution >= 0.6 is 11.6 Å². The average Bonchev–Trinajstić information content (AvgIpc) is 3.22. The molecule has 1 saturated heterocycles. The topological polar surface area (TPSA) is 94.1 Å². The van der Waals surface area contributed by atoms with Crippen molar-refractivity contribution in [3.63, 3.8) is 0 Å². The van der Waals surface area contributed by atoms with Gasteiger partial charge in [0.2, 0.25) is 0 Å². The molecule has 3 aromatic rings. The molecule has 3 N–H and O–H groups in total. The Morgan fingerprint density at radius 3 is 2.71 bits per heavy atom. The molecule has 31 heavy (non-hydrogen) atoms. The number of nitrogens with zero attached hydrogens (tertiary/aromatic N) is 3. The maximum Gasteiger partial charge on any atom is 0.323 e. The number of anilines is 1. The van der Waals surface area contributed by atoms with Crippen molar-refractivity contribution < 1.29 is 9.90 Å². The Hall–Kier alpha value is -2.64. The number of nitrogens with one attached hydrogen (secondary N) is 2. The highest BCUT2D eigenvalue weighted by molar-refractivity contribution is 6.31. The lowest BCUT2D eigenvalue weighted by Gasteiger charge is -2.43. The number of pyridine rings is 1. The van der Waals surface area contributed by atoms with Gasteiger partial charge in [-0.2, -0.15) is 5.10 Å². The van der Waals surface area contributed by atoms with Crippen LogP contribution in [0.2, 0.25) is 5.02 Å². The molecule has 0 bridgehead atoms. The van der Waals surface area contributed by atoms with E-state index in [9.17, 15) is 9.90 Å². The van der Waals surface area contributed by atoms with E-state index in [2.05, 4.69) is 34.3 Å². The standard InChI is InChI=1S/C23H28ClN5O2/c1-14-4-5-19(25-12-14)27-22(31)29-8-6-16(7-9-29)23(2,3)21(30)18-11-17(24)10-15-13-26-28-20(15)18/h4-5,10-13,16,21,30H,6-9H2,1-3H3,(H,26,28)(H,25,27,31)/t21-/m1/s1. The van der Waals surface area contributed by atoms with Gasteiger partial charge in [0.1, 0.15) is 5.82 Å². The minimum Gasteiger partial charge on any atom is -0.388 e. The molecular weight excluding hydrogens is 414 g/mol. The first kappa shape index (κ1) is 21.6. The van der Waals surface area contributed by atoms with Gasteiger partial charge in [-0.1, -0.05) is 31.5 Å². The first-order valence-electron chi connectivity index (χ1n) is 10.5. The summed E-state index contributed by atoms with van der Waals surface area (Å²) >= 11 is 6.28. The normalized spacial score (nSPS) is 16.5. The summed E-state index contributed by atoms with van der Waals surface area (Å²) in [5.74, 6) is 0.805. The van der Waals surface area contributed by atoms with Crippen molar-refractivity contribution in [2.24, 2.45) is 11.3 Å². The van der Waals surface area contributed by atoms with Crippen LogP contribution in [-0.2, 0) is 0 Å². The monoisotopic (exact) mass is 441 g/mol. The minimum atomic E-state index is -0.712. The molecule has 2 amide bonds. The molecule has 0 saturated carbocycles. The highest BCUT2D eigenvalue weighted by Crippen LogP contribution is 2.46. The zero-order valence-electron chi connectivity index (χ0n) is 18.0. The lowest BCUT2D eigenvalue weighted by Crippen LogP contribution is -2.45. The predicted octanol–water partition coefficient (Wildman–Crippen LogP) is 4.92. The summed E-state index contributed by atoms with van der Waals surface area (Å²) in [4.78, 5) is 18.7. The number of carbonyl (C=O) groups excluding carboxylic acids is 1. The molecular formula is C23H28ClN5O2. The Balaban J connectivity index is 1.42. The number of rotatable bonds is 4. The number of carbonyl (C=O) groups is 1. The van der Waals surface area contributed by atoms with E-state index in [1.165, 1.54) is 0 Å². The highest BCUT2D eigenvalue weighted by atomic mass is 35.5. The van der Waals surface area contributed by atoms with Crippen LogP contribution in [0, 0.1) is 18.3 Å². The lowest BCUT2D eigenvalue weighted by molar-refractivity contribution is -0.0138. The summed E-state index contributed by atoms with van der Waals surface area (Å²) in [6, 6.07) is 7.24. The van der Waals surface area contributed by atoms with Gasteiger partial charge < -0.3 is 10.0 Å². The second-order valence-corrected chi connectivity index (χ2v) is 9.40. The molecule has 0 unspecified atom stereocenters. The van der Waals surface area contributed by atoms with Gasteiger partial charge in [0.25, 0.3) is 0 Å². The van der Waals surface area contributed by atoms with Gasteiger partial charge >= 0.3 is 6.03 Å². The molecule has 7 nitrogen and oxygen atoms in total. The van der Waals surface area contributed by atoms with Crippen LogP contribution in [-0.4, -0.2) is 44.3 Å². The number of amides is 2. The van der Waals surface area contributed by atoms with Crippen molar-refractivity contribution in [2.45, 2.75) is 39.7 Å². The molecule has 1 aliphatic heterocycles. The molecule has 0 radical (unpaired) electrons. The summed E-state index contributed by atoms with van der Waals surface area (Å²) in [5, 5.41) is 22.7. The molecule has 2 aromatic heterocycles. The van der Waals surface area contributed by atoms with Gasteiger partial charge in [-0.3, -0.25) is 10.4 Å². The number of halogens is 1. The van der Waals surface area contributed by atoms with Crippen LogP contribution in [0.4, 0.5) is 10.6 Å². The Kier molecular flexibility index (Phi) is 5.90. The highest BCUT2D eigenvalue weighted by Gasteiger charge is 2.40. The number of H-pyrrole nitrogens is 1. The van der Waals surface area contributed by atoms with E-state index in [4.69, 9.17) is 11.6 Å². The third-order valence-electron chi connectivity index (χ3n) is 6.52. The number of aromatic nitrogens is 3. The SMILES string of the molecule is Cc1ccc(NC(=O)N2CCC(C(C)(C)[C@H](O)c3cc(Cl)cc4cn[nH]c34)CC2)nc1. The number of fused-ring (bicyclic) bond motifs is 1. The molecule has 4 rings (SSSR count). The number of piperidine rings is 1. The van der Waals surface area contributed by atoms with Crippen molar-refractivity contribution in [2.75, 3.05) is 18.4 Å². The van der Waals surface area contributed by atoms with Crippen LogP contribution < -0.4 is 5.32 Å². The molecule has 0 aliphatic carbocycles. The van der Waals surface area contributed by atoms with E-state index in [1.54, 1.807) is 18.5 Å². The number of hydrogen-bond donors (Lipinski definition) is 3. The van der Waals surface area contributed by atoms with E-state index >= 15 is 0 Å². The smallest absolute Gasteiger partial charge is 0.323 e. The van der Waals surface area contributed by atoms with Gasteiger partial charge in [-0.25, -0.2) is 9.78 Å². The fraction of sp³-hybridized carbons (Fsp3) is 0.435. The van der Waals surface area contributed by atoms with Crippen molar-refractivity contribution in [1.82, 2.24) is 20.1 Å². The number of benzene rings is 1. The number of hydrogen-bond acceptors (Lipinski definition) is 4. The molecule has 164 valence electrons. The van der Waals surface area contributed by atoms with Crippen LogP contribution in [0.25, 0.3) is 10.9 Å². The average molecular weight is 442 g/mol. The van der Waals surface area contributed by atoms with Gasteiger partial charge in [0.15, 0.2) is 0 Å². The van der Waals surface area contributed by atoms with E-state index < -0.39 is 11.5 Å². The lowest BCUT2D eigenvalue weighted by atomic mass is 9.68. The first-order valence-corrected chi connectivity index (χ1v) is 10.9. The number of aliphatic hydroxyl groups excluding tert-OH is 1. The van der Waals surface area contributed by atoms with Gasteiger partial charge in [0, 0.05) is 35.3 Å². The quantitative estimate of drug-likeness (QED) is 0.535. The largest absolute Gasteiger partial charge is 0.388 e. The molecule has 1 aliphatic rings. The van der Waals surface area contributed by atoms with Crippen molar-refractivity contribution in [3.8, 4) is 0 Å². The van der Waals surface area contributed by atoms with E-state index in [0.29, 0.717) is 23.9 Å². The van der Waals surface area contributed by atoms with Crippen LogP contribution in [0.15, 0.2) is 36.7 Å². The van der Waals surface area contributed by atoms with Crippen molar-refractivity contribution >= 4 is 34.4 Å². The molecule has 3 heterocycles. The van der Waals surface area contributed by atoms with Gasteiger partial charge in [-0.05, 0) is 54.9 Å². The summed E-state index contributed by atoms with van der Waals surface area (Å²) in [6.07, 6.45) is 4.36. The summed E-state index contributed by atoms with van der Waals surface area (Å²) < 4.78 is 0. The van der Waals surface area contributed by atoms with Crippen molar-refractivity contribution in [1.29, 1.82) is 0 Å². The van der Waals surface area contributed by atoms with Gasteiger partial charge in [-0.15, -0.1) is 0 Å². The number of aliphatic hydroxyl groups is 1. The maximum atomic E-state index is 12.6. The zero-order chi connectivity index (χ0) is 22.2. The summed E-state index contributed by atoms with van der Waals surface area (Å²) in [7, 11) is 0. The second kappa shape index (κ2) is 8.48. The number of aromatic amines is 1. The molecule has 1 atom stereocenters. The number of aryl methyl sites for hydroxylation is 1. The summed E-state index contributed by atoms with van der Waals surface area (Å²) in [5.41, 5.74) is 2.22. The number of urea groups is 1. The van der Waals surface area contributed by atoms with E-state index in [0.717, 1.165) is 34.9 Å². The third-order valence-corrected chi connectivity index (χ3v) is 6.74. The fourth-order valence-electron chi connectivity index (χ4n) is 4.44. The maximum absolute atomic E-state index is 12.6. The fourth-order valence-corrected chi connectivity index (χ4v) is 4.68. The van der Waals surface area contributed by atoms with Crippen LogP contribution in [0.1, 0.15) is 43.9 Å². The Morgan fingerprint density at radius 2 is 2.03 bits per heavy atom. The predicted molar refractivity (Wildman–Crippen MR) is 122 cm³/mol. The van der Waals surface area contributed by atoms with E-state index in [-0.39, 0.29) is 11.9 Å². The molecule has 1 aromatic carbocycles. The minimum absolute atomic E-state index is 0.137. The Morgan fingerprint density at radius 1 is 1.29 bits per heavy atom.